The molecule has 4 rings (SSSR count). The Hall–Kier alpha value is -1.85. The monoisotopic (exact) mass is 370 g/mol. The molecule has 2 saturated heterocycles. The quantitative estimate of drug-likeness (QED) is 0.819. The first-order chi connectivity index (χ1) is 12.7. The molecule has 0 unspecified atom stereocenters. The molecule has 1 aromatic carbocycles. The minimum absolute atomic E-state index is 0.206. The Kier molecular flexibility index (Phi) is 5.27. The van der Waals surface area contributed by atoms with Gasteiger partial charge >= 0.3 is 0 Å². The molecule has 0 saturated carbocycles. The third-order valence-electron chi connectivity index (χ3n) is 5.71. The zero-order valence-electron chi connectivity index (χ0n) is 15.3. The molecule has 2 aromatic rings. The van der Waals surface area contributed by atoms with Crippen molar-refractivity contribution in [2.75, 3.05) is 26.7 Å². The van der Waals surface area contributed by atoms with Crippen molar-refractivity contribution in [1.82, 2.24) is 9.80 Å². The smallest absolute Gasteiger partial charge is 0.263 e. The molecule has 0 aliphatic carbocycles. The van der Waals surface area contributed by atoms with Crippen LogP contribution >= 0.6 is 11.3 Å². The standard InChI is InChI=1S/C21H26N2O2S/c1-25-18-9-7-16(8-10-18)13-22-11-3-2-5-17-14-23(15-19(17)22)21(24)20-6-4-12-26-20/h4,6-10,12,17,19H,2-3,5,11,13-15H2,1H3/t17-,19+/m0/s1. The predicted octanol–water partition coefficient (Wildman–Crippen LogP) is 3.88. The zero-order valence-corrected chi connectivity index (χ0v) is 16.1. The highest BCUT2D eigenvalue weighted by molar-refractivity contribution is 7.12. The molecule has 26 heavy (non-hydrogen) atoms. The van der Waals surface area contributed by atoms with Crippen molar-refractivity contribution in [3.63, 3.8) is 0 Å². The summed E-state index contributed by atoms with van der Waals surface area (Å²) >= 11 is 1.55. The van der Waals surface area contributed by atoms with Crippen LogP contribution in [0.1, 0.15) is 34.5 Å². The number of rotatable bonds is 4. The SMILES string of the molecule is COc1ccc(CN2CCCC[C@H]3CN(C(=O)c4cccs4)C[C@H]32)cc1. The Morgan fingerprint density at radius 2 is 2.04 bits per heavy atom. The predicted molar refractivity (Wildman–Crippen MR) is 105 cm³/mol. The van der Waals surface area contributed by atoms with E-state index < -0.39 is 0 Å². The second kappa shape index (κ2) is 7.80. The largest absolute Gasteiger partial charge is 0.497 e. The van der Waals surface area contributed by atoms with Crippen molar-refractivity contribution < 1.29 is 9.53 Å². The minimum atomic E-state index is 0.206. The number of hydrogen-bond donors (Lipinski definition) is 0. The first kappa shape index (κ1) is 17.6. The van der Waals surface area contributed by atoms with Gasteiger partial charge in [0.25, 0.3) is 5.91 Å². The normalized spacial score (nSPS) is 23.5. The second-order valence-electron chi connectivity index (χ2n) is 7.33. The van der Waals surface area contributed by atoms with E-state index in [9.17, 15) is 4.79 Å². The summed E-state index contributed by atoms with van der Waals surface area (Å²) in [6.07, 6.45) is 3.75. The van der Waals surface area contributed by atoms with Crippen LogP contribution in [-0.4, -0.2) is 48.5 Å². The molecule has 0 N–H and O–H groups in total. The Morgan fingerprint density at radius 1 is 1.19 bits per heavy atom. The first-order valence-electron chi connectivity index (χ1n) is 9.44. The van der Waals surface area contributed by atoms with Crippen LogP contribution in [0.5, 0.6) is 5.75 Å². The highest BCUT2D eigenvalue weighted by atomic mass is 32.1. The summed E-state index contributed by atoms with van der Waals surface area (Å²) in [5.74, 6) is 1.70. The summed E-state index contributed by atoms with van der Waals surface area (Å²) < 4.78 is 5.27. The summed E-state index contributed by atoms with van der Waals surface area (Å²) in [4.78, 5) is 18.3. The Balaban J connectivity index is 1.47. The van der Waals surface area contributed by atoms with Gasteiger partial charge in [-0.25, -0.2) is 0 Å². The average molecular weight is 371 g/mol. The number of fused-ring (bicyclic) bond motifs is 1. The number of likely N-dealkylation sites (tertiary alicyclic amines) is 2. The maximum atomic E-state index is 12.8. The highest BCUT2D eigenvalue weighted by Crippen LogP contribution is 2.32. The molecule has 2 atom stereocenters. The summed E-state index contributed by atoms with van der Waals surface area (Å²) in [6.45, 7) is 3.83. The van der Waals surface area contributed by atoms with E-state index in [1.165, 1.54) is 24.8 Å². The molecule has 2 aliphatic rings. The van der Waals surface area contributed by atoms with Crippen LogP contribution in [0.2, 0.25) is 0 Å². The lowest BCUT2D eigenvalue weighted by Crippen LogP contribution is -2.40. The summed E-state index contributed by atoms with van der Waals surface area (Å²) in [7, 11) is 1.70. The molecule has 0 bridgehead atoms. The van der Waals surface area contributed by atoms with Crippen LogP contribution in [0.15, 0.2) is 41.8 Å². The van der Waals surface area contributed by atoms with Gasteiger partial charge in [-0.2, -0.15) is 0 Å². The van der Waals surface area contributed by atoms with Gasteiger partial charge in [0.05, 0.1) is 12.0 Å². The summed E-state index contributed by atoms with van der Waals surface area (Å²) in [5.41, 5.74) is 1.31. The van der Waals surface area contributed by atoms with E-state index in [1.54, 1.807) is 18.4 Å². The maximum absolute atomic E-state index is 12.8. The van der Waals surface area contributed by atoms with Crippen molar-refractivity contribution >= 4 is 17.2 Å². The van der Waals surface area contributed by atoms with Gasteiger partial charge < -0.3 is 9.64 Å². The molecule has 2 aliphatic heterocycles. The molecule has 1 amide bonds. The van der Waals surface area contributed by atoms with Crippen LogP contribution in [0.4, 0.5) is 0 Å². The van der Waals surface area contributed by atoms with Crippen molar-refractivity contribution in [1.29, 1.82) is 0 Å². The number of nitrogens with zero attached hydrogens (tertiary/aromatic N) is 2. The van der Waals surface area contributed by atoms with E-state index in [-0.39, 0.29) is 5.91 Å². The Morgan fingerprint density at radius 3 is 2.77 bits per heavy atom. The highest BCUT2D eigenvalue weighted by Gasteiger charge is 2.39. The lowest BCUT2D eigenvalue weighted by Gasteiger charge is -2.30. The third-order valence-corrected chi connectivity index (χ3v) is 6.57. The Bertz CT molecular complexity index is 729. The van der Waals surface area contributed by atoms with Gasteiger partial charge in [-0.15, -0.1) is 11.3 Å². The number of carbonyl (C=O) groups is 1. The topological polar surface area (TPSA) is 32.8 Å². The van der Waals surface area contributed by atoms with E-state index in [1.807, 2.05) is 29.6 Å². The van der Waals surface area contributed by atoms with Crippen LogP contribution in [-0.2, 0) is 6.54 Å². The molecule has 2 fully saturated rings. The molecule has 4 nitrogen and oxygen atoms in total. The number of ether oxygens (including phenoxy) is 1. The van der Waals surface area contributed by atoms with E-state index in [4.69, 9.17) is 4.74 Å². The van der Waals surface area contributed by atoms with Gasteiger partial charge in [0.15, 0.2) is 0 Å². The van der Waals surface area contributed by atoms with Gasteiger partial charge in [0, 0.05) is 25.7 Å². The number of amides is 1. The second-order valence-corrected chi connectivity index (χ2v) is 8.28. The van der Waals surface area contributed by atoms with Gasteiger partial charge in [0.2, 0.25) is 0 Å². The van der Waals surface area contributed by atoms with E-state index in [0.29, 0.717) is 12.0 Å². The van der Waals surface area contributed by atoms with Crippen LogP contribution in [0, 0.1) is 5.92 Å². The molecule has 3 heterocycles. The lowest BCUT2D eigenvalue weighted by atomic mass is 9.98. The number of thiophene rings is 1. The van der Waals surface area contributed by atoms with Crippen LogP contribution in [0.3, 0.4) is 0 Å². The molecular weight excluding hydrogens is 344 g/mol. The molecule has 138 valence electrons. The fourth-order valence-corrected chi connectivity index (χ4v) is 5.01. The van der Waals surface area contributed by atoms with Crippen LogP contribution in [0.25, 0.3) is 0 Å². The fraction of sp³-hybridized carbons (Fsp3) is 0.476. The van der Waals surface area contributed by atoms with Gasteiger partial charge in [-0.3, -0.25) is 9.69 Å². The van der Waals surface area contributed by atoms with Gasteiger partial charge in [-0.05, 0) is 54.4 Å². The zero-order chi connectivity index (χ0) is 17.9. The van der Waals surface area contributed by atoms with E-state index in [0.717, 1.165) is 36.8 Å². The molecule has 0 spiro atoms. The number of benzene rings is 1. The number of carbonyl (C=O) groups excluding carboxylic acids is 1. The average Bonchev–Trinajstić information content (AvgIpc) is 3.31. The lowest BCUT2D eigenvalue weighted by molar-refractivity contribution is 0.0778. The Labute approximate surface area is 159 Å². The maximum Gasteiger partial charge on any atom is 0.263 e. The summed E-state index contributed by atoms with van der Waals surface area (Å²) in [6, 6.07) is 12.8. The van der Waals surface area contributed by atoms with Crippen molar-refractivity contribution in [3.8, 4) is 5.75 Å². The van der Waals surface area contributed by atoms with Gasteiger partial charge in [-0.1, -0.05) is 24.6 Å². The van der Waals surface area contributed by atoms with Crippen molar-refractivity contribution in [2.45, 2.75) is 31.8 Å². The minimum Gasteiger partial charge on any atom is -0.497 e. The van der Waals surface area contributed by atoms with Gasteiger partial charge in [0.1, 0.15) is 5.75 Å². The number of methoxy groups -OCH3 is 1. The van der Waals surface area contributed by atoms with Crippen molar-refractivity contribution in [2.24, 2.45) is 5.92 Å². The first-order valence-corrected chi connectivity index (χ1v) is 10.3. The fourth-order valence-electron chi connectivity index (χ4n) is 4.32. The molecule has 0 radical (unpaired) electrons. The van der Waals surface area contributed by atoms with E-state index >= 15 is 0 Å². The van der Waals surface area contributed by atoms with E-state index in [2.05, 4.69) is 21.9 Å². The van der Waals surface area contributed by atoms with Crippen molar-refractivity contribution in [3.05, 3.63) is 52.2 Å². The molecule has 5 heteroatoms. The third kappa shape index (κ3) is 3.64. The number of hydrogen-bond acceptors (Lipinski definition) is 4. The summed E-state index contributed by atoms with van der Waals surface area (Å²) in [5, 5.41) is 1.98. The molecular formula is C21H26N2O2S. The molecule has 1 aromatic heterocycles. The van der Waals surface area contributed by atoms with Crippen LogP contribution < -0.4 is 4.74 Å².